The highest BCUT2D eigenvalue weighted by Gasteiger charge is 2.33. The van der Waals surface area contributed by atoms with Gasteiger partial charge in [-0.25, -0.2) is 4.79 Å². The third-order valence-corrected chi connectivity index (χ3v) is 5.67. The van der Waals surface area contributed by atoms with Gasteiger partial charge in [0, 0.05) is 38.9 Å². The van der Waals surface area contributed by atoms with Crippen LogP contribution in [0.4, 0.5) is 5.69 Å². The number of carbonyl (C=O) groups is 1. The monoisotopic (exact) mass is 429 g/mol. The van der Waals surface area contributed by atoms with Gasteiger partial charge in [0.15, 0.2) is 0 Å². The molecule has 0 aromatic heterocycles. The fraction of sp³-hybridized carbons (Fsp3) is 0.391. The lowest BCUT2D eigenvalue weighted by Gasteiger charge is -2.40. The van der Waals surface area contributed by atoms with Crippen LogP contribution in [0.2, 0.25) is 0 Å². The van der Waals surface area contributed by atoms with E-state index in [0.717, 1.165) is 31.7 Å². The lowest BCUT2D eigenvalue weighted by Crippen LogP contribution is -2.50. The third-order valence-electron chi connectivity index (χ3n) is 5.67. The van der Waals surface area contributed by atoms with Crippen molar-refractivity contribution in [1.29, 1.82) is 5.26 Å². The molecule has 30 heavy (non-hydrogen) atoms. The summed E-state index contributed by atoms with van der Waals surface area (Å²) in [6.45, 7) is 3.15. The summed E-state index contributed by atoms with van der Waals surface area (Å²) in [5, 5.41) is 28.9. The standard InChI is InChI=1S/C23H27N3O3.ClH/c1-25(21-8-6-20(7-9-21)22(27)28)17-23(29)11-14-26(15-12-23)13-10-18-2-4-19(16-24)5-3-18;/h2-9,29H,10-15,17H2,1H3,(H,27,28);1H. The van der Waals surface area contributed by atoms with Crippen molar-refractivity contribution in [3.63, 3.8) is 0 Å². The Labute approximate surface area is 183 Å². The van der Waals surface area contributed by atoms with Crippen molar-refractivity contribution < 1.29 is 15.0 Å². The quantitative estimate of drug-likeness (QED) is 0.702. The summed E-state index contributed by atoms with van der Waals surface area (Å²) < 4.78 is 0. The Hall–Kier alpha value is -2.59. The number of aromatic carboxylic acids is 1. The maximum atomic E-state index is 11.0. The van der Waals surface area contributed by atoms with Crippen LogP contribution in [0.3, 0.4) is 0 Å². The molecule has 0 aliphatic carbocycles. The van der Waals surface area contributed by atoms with Gasteiger partial charge in [0.05, 0.1) is 22.8 Å². The van der Waals surface area contributed by atoms with Crippen molar-refractivity contribution in [3.8, 4) is 6.07 Å². The third kappa shape index (κ3) is 6.20. The van der Waals surface area contributed by atoms with Gasteiger partial charge in [0.1, 0.15) is 0 Å². The van der Waals surface area contributed by atoms with Crippen LogP contribution in [0, 0.1) is 11.3 Å². The number of rotatable bonds is 7. The Balaban J connectivity index is 0.00000320. The summed E-state index contributed by atoms with van der Waals surface area (Å²) in [5.74, 6) is -0.939. The summed E-state index contributed by atoms with van der Waals surface area (Å²) >= 11 is 0. The van der Waals surface area contributed by atoms with Gasteiger partial charge in [-0.3, -0.25) is 0 Å². The molecule has 1 aliphatic rings. The molecular weight excluding hydrogens is 402 g/mol. The molecule has 0 bridgehead atoms. The molecule has 0 radical (unpaired) electrons. The molecule has 0 atom stereocenters. The van der Waals surface area contributed by atoms with E-state index in [4.69, 9.17) is 10.4 Å². The van der Waals surface area contributed by atoms with Gasteiger partial charge in [0.25, 0.3) is 0 Å². The number of likely N-dealkylation sites (N-methyl/N-ethyl adjacent to an activating group) is 1. The average Bonchev–Trinajstić information content (AvgIpc) is 2.73. The second kappa shape index (κ2) is 10.4. The smallest absolute Gasteiger partial charge is 0.335 e. The minimum Gasteiger partial charge on any atom is -0.478 e. The predicted molar refractivity (Wildman–Crippen MR) is 119 cm³/mol. The average molecular weight is 430 g/mol. The van der Waals surface area contributed by atoms with E-state index in [1.165, 1.54) is 5.56 Å². The number of aliphatic hydroxyl groups is 1. The van der Waals surface area contributed by atoms with Gasteiger partial charge in [-0.15, -0.1) is 12.4 Å². The zero-order valence-electron chi connectivity index (χ0n) is 17.1. The minimum atomic E-state index is -0.939. The molecule has 0 saturated carbocycles. The molecular formula is C23H28ClN3O3. The lowest BCUT2D eigenvalue weighted by molar-refractivity contribution is -0.0137. The second-order valence-electron chi connectivity index (χ2n) is 7.83. The molecule has 6 nitrogen and oxygen atoms in total. The number of piperidine rings is 1. The summed E-state index contributed by atoms with van der Waals surface area (Å²) in [5.41, 5.74) is 2.31. The number of benzene rings is 2. The van der Waals surface area contributed by atoms with Crippen LogP contribution in [0.25, 0.3) is 0 Å². The Morgan fingerprint density at radius 1 is 1.13 bits per heavy atom. The summed E-state index contributed by atoms with van der Waals surface area (Å²) in [6, 6.07) is 16.6. The number of halogens is 1. The number of carboxylic acids is 1. The van der Waals surface area contributed by atoms with Gasteiger partial charge < -0.3 is 20.0 Å². The van der Waals surface area contributed by atoms with Gasteiger partial charge in [-0.1, -0.05) is 12.1 Å². The van der Waals surface area contributed by atoms with Crippen molar-refractivity contribution in [2.45, 2.75) is 24.9 Å². The first-order valence-corrected chi connectivity index (χ1v) is 9.87. The largest absolute Gasteiger partial charge is 0.478 e. The van der Waals surface area contributed by atoms with Gasteiger partial charge >= 0.3 is 5.97 Å². The maximum absolute atomic E-state index is 11.0. The summed E-state index contributed by atoms with van der Waals surface area (Å²) in [7, 11) is 1.92. The van der Waals surface area contributed by atoms with E-state index >= 15 is 0 Å². The topological polar surface area (TPSA) is 87.8 Å². The molecule has 2 N–H and O–H groups in total. The number of carboxylic acid groups (broad SMARTS) is 1. The molecule has 1 fully saturated rings. The molecule has 1 heterocycles. The molecule has 0 spiro atoms. The zero-order chi connectivity index (χ0) is 20.9. The number of hydrogen-bond acceptors (Lipinski definition) is 5. The van der Waals surface area contributed by atoms with E-state index in [1.807, 2.05) is 36.2 Å². The van der Waals surface area contributed by atoms with Crippen LogP contribution in [0.15, 0.2) is 48.5 Å². The summed E-state index contributed by atoms with van der Waals surface area (Å²) in [4.78, 5) is 15.3. The van der Waals surface area contributed by atoms with Crippen LogP contribution >= 0.6 is 12.4 Å². The van der Waals surface area contributed by atoms with Crippen molar-refractivity contribution in [2.75, 3.05) is 38.1 Å². The highest BCUT2D eigenvalue weighted by atomic mass is 35.5. The molecule has 0 amide bonds. The van der Waals surface area contributed by atoms with Crippen molar-refractivity contribution in [1.82, 2.24) is 4.90 Å². The van der Waals surface area contributed by atoms with Crippen LogP contribution in [0.5, 0.6) is 0 Å². The molecule has 2 aromatic rings. The van der Waals surface area contributed by atoms with E-state index in [2.05, 4.69) is 11.0 Å². The molecule has 0 unspecified atom stereocenters. The first-order chi connectivity index (χ1) is 13.9. The fourth-order valence-electron chi connectivity index (χ4n) is 3.78. The molecule has 3 rings (SSSR count). The van der Waals surface area contributed by atoms with Crippen LogP contribution < -0.4 is 4.90 Å². The van der Waals surface area contributed by atoms with Crippen molar-refractivity contribution in [3.05, 3.63) is 65.2 Å². The van der Waals surface area contributed by atoms with E-state index in [9.17, 15) is 9.90 Å². The van der Waals surface area contributed by atoms with E-state index in [-0.39, 0.29) is 18.0 Å². The second-order valence-corrected chi connectivity index (χ2v) is 7.83. The number of likely N-dealkylation sites (tertiary alicyclic amines) is 1. The van der Waals surface area contributed by atoms with Crippen LogP contribution in [-0.2, 0) is 6.42 Å². The molecule has 160 valence electrons. The lowest BCUT2D eigenvalue weighted by atomic mass is 9.90. The van der Waals surface area contributed by atoms with E-state index in [1.54, 1.807) is 24.3 Å². The SMILES string of the molecule is CN(CC1(O)CCN(CCc2ccc(C#N)cc2)CC1)c1ccc(C(=O)O)cc1.Cl. The maximum Gasteiger partial charge on any atom is 0.335 e. The number of nitriles is 1. The van der Waals surface area contributed by atoms with Gasteiger partial charge in [0.2, 0.25) is 0 Å². The van der Waals surface area contributed by atoms with E-state index in [0.29, 0.717) is 24.9 Å². The minimum absolute atomic E-state index is 0. The number of hydrogen-bond donors (Lipinski definition) is 2. The Kier molecular flexibility index (Phi) is 8.24. The predicted octanol–water partition coefficient (Wildman–Crippen LogP) is 3.18. The Morgan fingerprint density at radius 3 is 2.27 bits per heavy atom. The molecule has 1 saturated heterocycles. The molecule has 7 heteroatoms. The Bertz CT molecular complexity index is 870. The van der Waals surface area contributed by atoms with Crippen molar-refractivity contribution in [2.24, 2.45) is 0 Å². The van der Waals surface area contributed by atoms with Crippen LogP contribution in [-0.4, -0.2) is 59.9 Å². The summed E-state index contributed by atoms with van der Waals surface area (Å²) in [6.07, 6.45) is 2.34. The fourth-order valence-corrected chi connectivity index (χ4v) is 3.78. The van der Waals surface area contributed by atoms with Crippen LogP contribution in [0.1, 0.15) is 34.3 Å². The van der Waals surface area contributed by atoms with E-state index < -0.39 is 11.6 Å². The first kappa shape index (κ1) is 23.7. The first-order valence-electron chi connectivity index (χ1n) is 9.87. The molecule has 2 aromatic carbocycles. The normalized spacial score (nSPS) is 15.6. The zero-order valence-corrected chi connectivity index (χ0v) is 17.9. The molecule has 1 aliphatic heterocycles. The van der Waals surface area contributed by atoms with Crippen molar-refractivity contribution >= 4 is 24.1 Å². The highest BCUT2D eigenvalue weighted by Crippen LogP contribution is 2.25. The number of nitrogens with zero attached hydrogens (tertiary/aromatic N) is 3. The number of anilines is 1. The highest BCUT2D eigenvalue weighted by molar-refractivity contribution is 5.88. The van der Waals surface area contributed by atoms with Gasteiger partial charge in [-0.2, -0.15) is 5.26 Å². The Morgan fingerprint density at radius 2 is 1.73 bits per heavy atom. The van der Waals surface area contributed by atoms with Gasteiger partial charge in [-0.05, 0) is 61.2 Å².